The Bertz CT molecular complexity index is 1180. The minimum absolute atomic E-state index is 0.0266. The van der Waals surface area contributed by atoms with Crippen molar-refractivity contribution in [2.45, 2.75) is 5.92 Å². The Morgan fingerprint density at radius 3 is 2.35 bits per heavy atom. The molecule has 10 heteroatoms. The van der Waals surface area contributed by atoms with Crippen molar-refractivity contribution >= 4 is 23.7 Å². The van der Waals surface area contributed by atoms with E-state index in [1.54, 1.807) is 7.05 Å². The standard InChI is InChI=1S/C24H24N4O6/c1-28-12-20(22(27-28)23(30)31)26-21(29)14-33-11-10-25-24(32)34-13-19-17-8-4-2-6-15(17)16-7-3-5-9-18(16)19/h2-9,12,19H,10-11,13-14H2,1H3,(H,25,32)(H,26,29)(H,30,31). The van der Waals surface area contributed by atoms with Crippen LogP contribution in [-0.4, -0.2) is 59.2 Å². The first kappa shape index (κ1) is 23.0. The summed E-state index contributed by atoms with van der Waals surface area (Å²) < 4.78 is 12.0. The number of ether oxygens (including phenoxy) is 2. The van der Waals surface area contributed by atoms with Crippen LogP contribution in [0.2, 0.25) is 0 Å². The first-order chi connectivity index (χ1) is 16.4. The van der Waals surface area contributed by atoms with E-state index >= 15 is 0 Å². The molecule has 176 valence electrons. The highest BCUT2D eigenvalue weighted by Gasteiger charge is 2.28. The van der Waals surface area contributed by atoms with E-state index in [2.05, 4.69) is 27.9 Å². The quantitative estimate of drug-likeness (QED) is 0.415. The molecule has 0 fully saturated rings. The molecule has 0 saturated heterocycles. The van der Waals surface area contributed by atoms with Crippen LogP contribution in [-0.2, 0) is 21.3 Å². The number of nitrogens with zero attached hydrogens (tertiary/aromatic N) is 2. The number of alkyl carbamates (subject to hydrolysis) is 1. The van der Waals surface area contributed by atoms with E-state index in [9.17, 15) is 14.4 Å². The molecule has 0 aliphatic heterocycles. The van der Waals surface area contributed by atoms with Gasteiger partial charge in [0.05, 0.1) is 12.3 Å². The maximum Gasteiger partial charge on any atom is 0.407 e. The van der Waals surface area contributed by atoms with E-state index in [1.165, 1.54) is 10.9 Å². The first-order valence-corrected chi connectivity index (χ1v) is 10.7. The highest BCUT2D eigenvalue weighted by Crippen LogP contribution is 2.44. The Balaban J connectivity index is 1.18. The van der Waals surface area contributed by atoms with Crippen LogP contribution >= 0.6 is 0 Å². The highest BCUT2D eigenvalue weighted by molar-refractivity contribution is 5.99. The fourth-order valence-corrected chi connectivity index (χ4v) is 3.96. The number of amides is 2. The molecule has 4 rings (SSSR count). The number of carbonyl (C=O) groups excluding carboxylic acids is 2. The maximum absolute atomic E-state index is 12.1. The number of hydrogen-bond acceptors (Lipinski definition) is 6. The van der Waals surface area contributed by atoms with E-state index < -0.39 is 18.0 Å². The molecule has 1 aromatic heterocycles. The van der Waals surface area contributed by atoms with Crippen LogP contribution in [0.4, 0.5) is 10.5 Å². The minimum Gasteiger partial charge on any atom is -0.476 e. The Labute approximate surface area is 195 Å². The molecule has 10 nitrogen and oxygen atoms in total. The number of aryl methyl sites for hydroxylation is 1. The monoisotopic (exact) mass is 464 g/mol. The number of carbonyl (C=O) groups is 3. The summed E-state index contributed by atoms with van der Waals surface area (Å²) in [6, 6.07) is 16.2. The van der Waals surface area contributed by atoms with Gasteiger partial charge >= 0.3 is 12.1 Å². The fraction of sp³-hybridized carbons (Fsp3) is 0.250. The smallest absolute Gasteiger partial charge is 0.407 e. The molecule has 0 radical (unpaired) electrons. The Morgan fingerprint density at radius 1 is 1.06 bits per heavy atom. The number of anilines is 1. The van der Waals surface area contributed by atoms with Gasteiger partial charge in [-0.15, -0.1) is 0 Å². The van der Waals surface area contributed by atoms with Crippen molar-refractivity contribution in [3.63, 3.8) is 0 Å². The Kier molecular flexibility index (Phi) is 6.88. The summed E-state index contributed by atoms with van der Waals surface area (Å²) in [4.78, 5) is 35.2. The zero-order valence-electron chi connectivity index (χ0n) is 18.5. The number of aromatic nitrogens is 2. The first-order valence-electron chi connectivity index (χ1n) is 10.7. The zero-order chi connectivity index (χ0) is 24.1. The van der Waals surface area contributed by atoms with Crippen LogP contribution in [0.5, 0.6) is 0 Å². The number of carboxylic acid groups (broad SMARTS) is 1. The SMILES string of the molecule is Cn1cc(NC(=O)COCCNC(=O)OCC2c3ccccc3-c3ccccc32)c(C(=O)O)n1. The molecule has 0 bridgehead atoms. The molecule has 1 aliphatic rings. The largest absolute Gasteiger partial charge is 0.476 e. The van der Waals surface area contributed by atoms with Crippen LogP contribution in [0.1, 0.15) is 27.5 Å². The molecule has 1 heterocycles. The van der Waals surface area contributed by atoms with Crippen molar-refractivity contribution in [3.8, 4) is 11.1 Å². The lowest BCUT2D eigenvalue weighted by Gasteiger charge is -2.14. The van der Waals surface area contributed by atoms with Crippen molar-refractivity contribution in [1.82, 2.24) is 15.1 Å². The predicted molar refractivity (Wildman–Crippen MR) is 123 cm³/mol. The number of fused-ring (bicyclic) bond motifs is 3. The number of hydrogen-bond donors (Lipinski definition) is 3. The number of benzene rings is 2. The number of aromatic carboxylic acids is 1. The van der Waals surface area contributed by atoms with Gasteiger partial charge < -0.3 is 25.2 Å². The molecule has 0 spiro atoms. The summed E-state index contributed by atoms with van der Waals surface area (Å²) in [7, 11) is 1.55. The van der Waals surface area contributed by atoms with Crippen LogP contribution < -0.4 is 10.6 Å². The summed E-state index contributed by atoms with van der Waals surface area (Å²) in [6.07, 6.45) is 0.816. The van der Waals surface area contributed by atoms with Crippen molar-refractivity contribution in [2.75, 3.05) is 31.7 Å². The van der Waals surface area contributed by atoms with E-state index in [-0.39, 0.29) is 43.7 Å². The summed E-state index contributed by atoms with van der Waals surface area (Å²) >= 11 is 0. The lowest BCUT2D eigenvalue weighted by molar-refractivity contribution is -0.120. The summed E-state index contributed by atoms with van der Waals surface area (Å²) in [5, 5.41) is 17.9. The number of rotatable bonds is 9. The molecule has 34 heavy (non-hydrogen) atoms. The molecule has 0 unspecified atom stereocenters. The topological polar surface area (TPSA) is 132 Å². The number of carboxylic acids is 1. The summed E-state index contributed by atoms with van der Waals surface area (Å²) in [5.74, 6) is -1.80. The lowest BCUT2D eigenvalue weighted by atomic mass is 9.98. The average molecular weight is 464 g/mol. The Morgan fingerprint density at radius 2 is 1.71 bits per heavy atom. The van der Waals surface area contributed by atoms with Gasteiger partial charge in [0.1, 0.15) is 13.2 Å². The predicted octanol–water partition coefficient (Wildman–Crippen LogP) is 2.61. The molecule has 2 amide bonds. The van der Waals surface area contributed by atoms with E-state index in [0.717, 1.165) is 22.3 Å². The van der Waals surface area contributed by atoms with Crippen LogP contribution in [0, 0.1) is 0 Å². The van der Waals surface area contributed by atoms with Crippen LogP contribution in [0.15, 0.2) is 54.7 Å². The third kappa shape index (κ3) is 5.07. The molecule has 1 aliphatic carbocycles. The van der Waals surface area contributed by atoms with Crippen molar-refractivity contribution in [3.05, 3.63) is 71.5 Å². The molecule has 3 N–H and O–H groups in total. The molecule has 0 saturated carbocycles. The summed E-state index contributed by atoms with van der Waals surface area (Å²) in [6.45, 7) is 0.133. The van der Waals surface area contributed by atoms with Crippen molar-refractivity contribution in [1.29, 1.82) is 0 Å². The second kappa shape index (κ2) is 10.2. The second-order valence-corrected chi connectivity index (χ2v) is 7.72. The maximum atomic E-state index is 12.1. The average Bonchev–Trinajstić information content (AvgIpc) is 3.35. The van der Waals surface area contributed by atoms with E-state index in [1.807, 2.05) is 36.4 Å². The third-order valence-corrected chi connectivity index (χ3v) is 5.40. The van der Waals surface area contributed by atoms with Crippen molar-refractivity contribution < 1.29 is 29.0 Å². The fourth-order valence-electron chi connectivity index (χ4n) is 3.96. The van der Waals surface area contributed by atoms with Crippen LogP contribution in [0.25, 0.3) is 11.1 Å². The van der Waals surface area contributed by atoms with Crippen molar-refractivity contribution in [2.24, 2.45) is 7.05 Å². The zero-order valence-corrected chi connectivity index (χ0v) is 18.5. The van der Waals surface area contributed by atoms with E-state index in [0.29, 0.717) is 0 Å². The molecule has 2 aromatic carbocycles. The van der Waals surface area contributed by atoms with Gasteiger partial charge in [0.25, 0.3) is 0 Å². The van der Waals surface area contributed by atoms with Gasteiger partial charge in [-0.3, -0.25) is 9.48 Å². The van der Waals surface area contributed by atoms with Gasteiger partial charge in [0.2, 0.25) is 5.91 Å². The van der Waals surface area contributed by atoms with Gasteiger partial charge in [0, 0.05) is 25.7 Å². The van der Waals surface area contributed by atoms with Gasteiger partial charge in [-0.1, -0.05) is 48.5 Å². The van der Waals surface area contributed by atoms with Gasteiger partial charge in [0.15, 0.2) is 5.69 Å². The second-order valence-electron chi connectivity index (χ2n) is 7.72. The normalized spacial score (nSPS) is 12.0. The van der Waals surface area contributed by atoms with Crippen LogP contribution in [0.3, 0.4) is 0 Å². The third-order valence-electron chi connectivity index (χ3n) is 5.40. The molecular weight excluding hydrogens is 440 g/mol. The molecule has 0 atom stereocenters. The van der Waals surface area contributed by atoms with E-state index in [4.69, 9.17) is 14.6 Å². The molecule has 3 aromatic rings. The van der Waals surface area contributed by atoms with Gasteiger partial charge in [-0.2, -0.15) is 5.10 Å². The summed E-state index contributed by atoms with van der Waals surface area (Å²) in [5.41, 5.74) is 4.39. The highest BCUT2D eigenvalue weighted by atomic mass is 16.5. The lowest BCUT2D eigenvalue weighted by Crippen LogP contribution is -2.30. The Hall–Kier alpha value is -4.18. The number of nitrogens with one attached hydrogen (secondary N) is 2. The van der Waals surface area contributed by atoms with Gasteiger partial charge in [-0.05, 0) is 22.3 Å². The minimum atomic E-state index is -1.25. The van der Waals surface area contributed by atoms with Gasteiger partial charge in [-0.25, -0.2) is 9.59 Å². The molecular formula is C24H24N4O6.